The molecule has 0 saturated carbocycles. The molecule has 2 unspecified atom stereocenters. The first-order valence-corrected chi connectivity index (χ1v) is 6.49. The van der Waals surface area contributed by atoms with Gasteiger partial charge in [-0.3, -0.25) is 14.5 Å². The van der Waals surface area contributed by atoms with E-state index >= 15 is 0 Å². The van der Waals surface area contributed by atoms with Crippen LogP contribution in [0.25, 0.3) is 0 Å². The number of carbonyl (C=O) groups excluding carboxylic acids is 1. The number of rotatable bonds is 5. The van der Waals surface area contributed by atoms with Crippen LogP contribution in [0.1, 0.15) is 15.9 Å². The molecule has 1 aromatic carbocycles. The molecule has 1 fully saturated rings. The molecule has 0 bridgehead atoms. The molecule has 1 aliphatic heterocycles. The summed E-state index contributed by atoms with van der Waals surface area (Å²) < 4.78 is 19.1. The van der Waals surface area contributed by atoms with E-state index in [1.165, 1.54) is 12.1 Å². The summed E-state index contributed by atoms with van der Waals surface area (Å²) in [5.74, 6) is -2.77. The van der Waals surface area contributed by atoms with Crippen molar-refractivity contribution in [2.75, 3.05) is 20.3 Å². The van der Waals surface area contributed by atoms with Crippen LogP contribution in [-0.2, 0) is 16.1 Å². The Labute approximate surface area is 121 Å². The summed E-state index contributed by atoms with van der Waals surface area (Å²) >= 11 is 0. The van der Waals surface area contributed by atoms with E-state index < -0.39 is 23.6 Å². The van der Waals surface area contributed by atoms with Crippen LogP contribution in [0.3, 0.4) is 0 Å². The van der Waals surface area contributed by atoms with Gasteiger partial charge in [-0.05, 0) is 19.2 Å². The molecular weight excluding hydrogens is 279 g/mol. The molecule has 0 spiro atoms. The predicted octanol–water partition coefficient (Wildman–Crippen LogP) is 0.456. The summed E-state index contributed by atoms with van der Waals surface area (Å²) in [6.45, 7) is 0.685. The second-order valence-corrected chi connectivity index (χ2v) is 5.14. The summed E-state index contributed by atoms with van der Waals surface area (Å²) in [4.78, 5) is 23.8. The van der Waals surface area contributed by atoms with Crippen LogP contribution in [0, 0.1) is 11.7 Å². The quantitative estimate of drug-likeness (QED) is 0.823. The van der Waals surface area contributed by atoms with Crippen LogP contribution in [-0.4, -0.2) is 48.2 Å². The monoisotopic (exact) mass is 296 g/mol. The van der Waals surface area contributed by atoms with Gasteiger partial charge in [0.15, 0.2) is 0 Å². The van der Waals surface area contributed by atoms with Gasteiger partial charge in [0.05, 0.1) is 19.1 Å². The summed E-state index contributed by atoms with van der Waals surface area (Å²) in [6.07, 6.45) is 0. The summed E-state index contributed by atoms with van der Waals surface area (Å²) in [7, 11) is 1.72. The van der Waals surface area contributed by atoms with E-state index in [1.54, 1.807) is 11.9 Å². The molecule has 3 N–H and O–H groups in total. The van der Waals surface area contributed by atoms with Gasteiger partial charge in [0.2, 0.25) is 5.91 Å². The van der Waals surface area contributed by atoms with Gasteiger partial charge < -0.3 is 15.6 Å². The number of carboxylic acid groups (broad SMARTS) is 1. The lowest BCUT2D eigenvalue weighted by atomic mass is 10.0. The maximum Gasteiger partial charge on any atom is 0.310 e. The van der Waals surface area contributed by atoms with Gasteiger partial charge in [-0.1, -0.05) is 6.07 Å². The molecule has 0 aromatic heterocycles. The predicted molar refractivity (Wildman–Crippen MR) is 72.1 cm³/mol. The number of nitrogens with two attached hydrogens (primary N) is 1. The van der Waals surface area contributed by atoms with Gasteiger partial charge in [-0.2, -0.15) is 0 Å². The Bertz CT molecular complexity index is 564. The van der Waals surface area contributed by atoms with Crippen molar-refractivity contribution in [1.29, 1.82) is 0 Å². The van der Waals surface area contributed by atoms with Gasteiger partial charge in [-0.15, -0.1) is 0 Å². The fourth-order valence-electron chi connectivity index (χ4n) is 2.43. The van der Waals surface area contributed by atoms with Crippen LogP contribution in [0.2, 0.25) is 0 Å². The maximum absolute atomic E-state index is 13.9. The Kier molecular flexibility index (Phi) is 4.54. The van der Waals surface area contributed by atoms with Gasteiger partial charge >= 0.3 is 5.97 Å². The first-order chi connectivity index (χ1) is 9.90. The Balaban J connectivity index is 2.10. The molecule has 1 aliphatic rings. The number of likely N-dealkylation sites (N-methyl/N-ethyl adjacent to an activating group) is 1. The average molecular weight is 296 g/mol. The van der Waals surface area contributed by atoms with Gasteiger partial charge in [0.1, 0.15) is 5.82 Å². The number of nitrogens with zero attached hydrogens (tertiary/aromatic N) is 1. The van der Waals surface area contributed by atoms with Gasteiger partial charge in [0.25, 0.3) is 0 Å². The van der Waals surface area contributed by atoms with Gasteiger partial charge in [0, 0.05) is 23.7 Å². The van der Waals surface area contributed by atoms with Crippen molar-refractivity contribution in [1.82, 2.24) is 4.90 Å². The minimum atomic E-state index is -0.922. The van der Waals surface area contributed by atoms with Crippen molar-refractivity contribution in [2.24, 2.45) is 11.7 Å². The summed E-state index contributed by atoms with van der Waals surface area (Å²) in [5.41, 5.74) is 5.56. The lowest BCUT2D eigenvalue weighted by Gasteiger charge is -2.26. The SMILES string of the molecule is CN(Cc1ccc(C(N)=O)cc1F)C1COCC1C(=O)O. The van der Waals surface area contributed by atoms with Crippen LogP contribution in [0.4, 0.5) is 4.39 Å². The molecule has 2 rings (SSSR count). The highest BCUT2D eigenvalue weighted by Crippen LogP contribution is 2.21. The zero-order chi connectivity index (χ0) is 15.6. The number of hydrogen-bond donors (Lipinski definition) is 2. The third-order valence-electron chi connectivity index (χ3n) is 3.69. The van der Waals surface area contributed by atoms with E-state index in [0.717, 1.165) is 6.07 Å². The molecule has 0 aliphatic carbocycles. The van der Waals surface area contributed by atoms with Crippen molar-refractivity contribution in [3.8, 4) is 0 Å². The summed E-state index contributed by atoms with van der Waals surface area (Å²) in [6, 6.07) is 3.72. The molecule has 114 valence electrons. The van der Waals surface area contributed by atoms with E-state index in [1.807, 2.05) is 0 Å². The molecular formula is C14H17FN2O4. The van der Waals surface area contributed by atoms with Crippen LogP contribution in [0.5, 0.6) is 0 Å². The third-order valence-corrected chi connectivity index (χ3v) is 3.69. The zero-order valence-electron chi connectivity index (χ0n) is 11.6. The standard InChI is InChI=1S/C14H17FN2O4/c1-17(12-7-21-6-10(12)14(19)20)5-9-3-2-8(13(16)18)4-11(9)15/h2-4,10,12H,5-7H2,1H3,(H2,16,18)(H,19,20). The molecule has 1 saturated heterocycles. The van der Waals surface area contributed by atoms with Crippen LogP contribution < -0.4 is 5.73 Å². The number of primary amides is 1. The molecule has 6 nitrogen and oxygen atoms in total. The summed E-state index contributed by atoms with van der Waals surface area (Å²) in [5, 5.41) is 9.12. The molecule has 0 radical (unpaired) electrons. The lowest BCUT2D eigenvalue weighted by molar-refractivity contribution is -0.143. The molecule has 2 atom stereocenters. The smallest absolute Gasteiger partial charge is 0.310 e. The molecule has 1 aromatic rings. The second kappa shape index (κ2) is 6.19. The molecule has 1 heterocycles. The fraction of sp³-hybridized carbons (Fsp3) is 0.429. The number of carboxylic acids is 1. The number of aliphatic carboxylic acids is 1. The normalized spacial score (nSPS) is 21.7. The first-order valence-electron chi connectivity index (χ1n) is 6.49. The third kappa shape index (κ3) is 3.37. The van der Waals surface area contributed by atoms with Crippen molar-refractivity contribution in [3.63, 3.8) is 0 Å². The molecule has 1 amide bonds. The van der Waals surface area contributed by atoms with Crippen molar-refractivity contribution in [3.05, 3.63) is 35.1 Å². The van der Waals surface area contributed by atoms with Crippen molar-refractivity contribution < 1.29 is 23.8 Å². The van der Waals surface area contributed by atoms with Gasteiger partial charge in [-0.25, -0.2) is 4.39 Å². The van der Waals surface area contributed by atoms with E-state index in [0.29, 0.717) is 12.2 Å². The van der Waals surface area contributed by atoms with E-state index in [9.17, 15) is 14.0 Å². The first kappa shape index (κ1) is 15.4. The Hall–Kier alpha value is -1.99. The Morgan fingerprint density at radius 1 is 1.48 bits per heavy atom. The zero-order valence-corrected chi connectivity index (χ0v) is 11.6. The number of halogens is 1. The number of ether oxygens (including phenoxy) is 1. The Morgan fingerprint density at radius 2 is 2.19 bits per heavy atom. The maximum atomic E-state index is 13.9. The second-order valence-electron chi connectivity index (χ2n) is 5.14. The highest BCUT2D eigenvalue weighted by atomic mass is 19.1. The van der Waals surface area contributed by atoms with Crippen LogP contribution >= 0.6 is 0 Å². The van der Waals surface area contributed by atoms with Crippen molar-refractivity contribution in [2.45, 2.75) is 12.6 Å². The average Bonchev–Trinajstić information content (AvgIpc) is 2.90. The topological polar surface area (TPSA) is 92.9 Å². The number of hydrogen-bond acceptors (Lipinski definition) is 4. The van der Waals surface area contributed by atoms with E-state index in [4.69, 9.17) is 15.6 Å². The van der Waals surface area contributed by atoms with E-state index in [-0.39, 0.29) is 24.8 Å². The van der Waals surface area contributed by atoms with Crippen molar-refractivity contribution >= 4 is 11.9 Å². The lowest BCUT2D eigenvalue weighted by Crippen LogP contribution is -2.40. The van der Waals surface area contributed by atoms with Crippen LogP contribution in [0.15, 0.2) is 18.2 Å². The molecule has 7 heteroatoms. The highest BCUT2D eigenvalue weighted by Gasteiger charge is 2.36. The largest absolute Gasteiger partial charge is 0.481 e. The number of carbonyl (C=O) groups is 2. The highest BCUT2D eigenvalue weighted by molar-refractivity contribution is 5.92. The Morgan fingerprint density at radius 3 is 2.76 bits per heavy atom. The fourth-order valence-corrected chi connectivity index (χ4v) is 2.43. The minimum Gasteiger partial charge on any atom is -0.481 e. The number of benzene rings is 1. The van der Waals surface area contributed by atoms with E-state index in [2.05, 4.69) is 0 Å². The molecule has 21 heavy (non-hydrogen) atoms. The minimum absolute atomic E-state index is 0.103. The number of amides is 1.